The molecule has 0 aliphatic carbocycles. The zero-order chi connectivity index (χ0) is 14.8. The van der Waals surface area contributed by atoms with Crippen LogP contribution in [-0.4, -0.2) is 39.8 Å². The Balaban J connectivity index is 2.31. The van der Waals surface area contributed by atoms with E-state index in [0.717, 1.165) is 6.26 Å². The van der Waals surface area contributed by atoms with Gasteiger partial charge in [0.25, 0.3) is 5.91 Å². The first-order valence-corrected chi connectivity index (χ1v) is 7.90. The van der Waals surface area contributed by atoms with Gasteiger partial charge in [-0.2, -0.15) is 0 Å². The first kappa shape index (κ1) is 14.4. The summed E-state index contributed by atoms with van der Waals surface area (Å²) in [6, 6.07) is 6.73. The number of benzene rings is 1. The Bertz CT molecular complexity index is 627. The number of hydrogen-bond acceptors (Lipinski definition) is 4. The highest BCUT2D eigenvalue weighted by Gasteiger charge is 2.34. The van der Waals surface area contributed by atoms with Gasteiger partial charge in [0.15, 0.2) is 6.10 Å². The number of hydrogen-bond donors (Lipinski definition) is 1. The second kappa shape index (κ2) is 5.54. The summed E-state index contributed by atoms with van der Waals surface area (Å²) in [6.07, 6.45) is 1.77. The Kier molecular flexibility index (Phi) is 3.99. The molecule has 0 spiro atoms. The van der Waals surface area contributed by atoms with Crippen LogP contribution in [0.4, 0.5) is 5.69 Å². The predicted molar refractivity (Wildman–Crippen MR) is 76.3 cm³/mol. The van der Waals surface area contributed by atoms with Crippen LogP contribution in [0.1, 0.15) is 0 Å². The smallest absolute Gasteiger partial charge is 0.263 e. The summed E-state index contributed by atoms with van der Waals surface area (Å²) in [5, 5.41) is 2.60. The van der Waals surface area contributed by atoms with Gasteiger partial charge in [0.2, 0.25) is 10.0 Å². The summed E-state index contributed by atoms with van der Waals surface area (Å²) < 4.78 is 30.5. The van der Waals surface area contributed by atoms with E-state index in [1.807, 2.05) is 0 Å². The number of carbonyl (C=O) groups is 1. The Morgan fingerprint density at radius 3 is 2.90 bits per heavy atom. The van der Waals surface area contributed by atoms with Gasteiger partial charge in [-0.05, 0) is 12.1 Å². The number of amides is 1. The molecule has 0 saturated carbocycles. The summed E-state index contributed by atoms with van der Waals surface area (Å²) >= 11 is 0. The van der Waals surface area contributed by atoms with Crippen molar-refractivity contribution < 1.29 is 17.9 Å². The molecule has 6 nitrogen and oxygen atoms in total. The number of anilines is 1. The lowest BCUT2D eigenvalue weighted by Gasteiger charge is -2.33. The van der Waals surface area contributed by atoms with Gasteiger partial charge in [-0.25, -0.2) is 8.42 Å². The van der Waals surface area contributed by atoms with E-state index in [-0.39, 0.29) is 12.5 Å². The van der Waals surface area contributed by atoms with Gasteiger partial charge >= 0.3 is 0 Å². The SMILES string of the molecule is C=CCNC(=O)C1CN(S(C)(=O)=O)c2ccccc2O1. The van der Waals surface area contributed by atoms with Crippen LogP contribution in [0.25, 0.3) is 0 Å². The first-order valence-electron chi connectivity index (χ1n) is 6.05. The van der Waals surface area contributed by atoms with Crippen LogP contribution in [0, 0.1) is 0 Å². The standard InChI is InChI=1S/C13H16N2O4S/c1-3-8-14-13(16)12-9-15(20(2,17)18)10-6-4-5-7-11(10)19-12/h3-7,12H,1,8-9H2,2H3,(H,14,16). The monoisotopic (exact) mass is 296 g/mol. The number of sulfonamides is 1. The fourth-order valence-corrected chi connectivity index (χ4v) is 2.85. The highest BCUT2D eigenvalue weighted by molar-refractivity contribution is 7.92. The number of nitrogens with zero attached hydrogens (tertiary/aromatic N) is 1. The normalized spacial score (nSPS) is 17.9. The maximum absolute atomic E-state index is 11.9. The van der Waals surface area contributed by atoms with Crippen LogP contribution in [-0.2, 0) is 14.8 Å². The predicted octanol–water partition coefficient (Wildman–Crippen LogP) is 0.516. The van der Waals surface area contributed by atoms with E-state index in [1.165, 1.54) is 4.31 Å². The van der Waals surface area contributed by atoms with E-state index in [0.29, 0.717) is 18.0 Å². The molecule has 1 atom stereocenters. The molecule has 7 heteroatoms. The van der Waals surface area contributed by atoms with Gasteiger partial charge in [-0.3, -0.25) is 9.10 Å². The van der Waals surface area contributed by atoms with E-state index in [2.05, 4.69) is 11.9 Å². The minimum Gasteiger partial charge on any atom is -0.476 e. The topological polar surface area (TPSA) is 75.7 Å². The van der Waals surface area contributed by atoms with Crippen LogP contribution >= 0.6 is 0 Å². The molecule has 108 valence electrons. The Hall–Kier alpha value is -2.02. The van der Waals surface area contributed by atoms with Gasteiger partial charge in [-0.1, -0.05) is 18.2 Å². The highest BCUT2D eigenvalue weighted by atomic mass is 32.2. The molecule has 0 radical (unpaired) electrons. The number of nitrogens with one attached hydrogen (secondary N) is 1. The molecule has 0 saturated heterocycles. The fourth-order valence-electron chi connectivity index (χ4n) is 1.94. The second-order valence-corrected chi connectivity index (χ2v) is 6.31. The zero-order valence-corrected chi connectivity index (χ0v) is 11.9. The second-order valence-electron chi connectivity index (χ2n) is 4.40. The maximum atomic E-state index is 11.9. The molecule has 2 rings (SSSR count). The van der Waals surface area contributed by atoms with Crippen molar-refractivity contribution in [1.29, 1.82) is 0 Å². The van der Waals surface area contributed by atoms with Crippen molar-refractivity contribution in [2.24, 2.45) is 0 Å². The average molecular weight is 296 g/mol. The molecule has 1 heterocycles. The Morgan fingerprint density at radius 2 is 2.25 bits per heavy atom. The molecule has 0 aromatic heterocycles. The van der Waals surface area contributed by atoms with Crippen molar-refractivity contribution in [2.75, 3.05) is 23.7 Å². The molecule has 1 amide bonds. The maximum Gasteiger partial charge on any atom is 0.263 e. The van der Waals surface area contributed by atoms with Crippen LogP contribution in [0.3, 0.4) is 0 Å². The average Bonchev–Trinajstić information content (AvgIpc) is 2.42. The molecular formula is C13H16N2O4S. The van der Waals surface area contributed by atoms with Crippen molar-refractivity contribution in [3.8, 4) is 5.75 Å². The largest absolute Gasteiger partial charge is 0.476 e. The summed E-state index contributed by atoms with van der Waals surface area (Å²) in [7, 11) is -3.47. The minimum atomic E-state index is -3.47. The lowest BCUT2D eigenvalue weighted by molar-refractivity contribution is -0.127. The summed E-state index contributed by atoms with van der Waals surface area (Å²) in [5.74, 6) is 0.0102. The third-order valence-electron chi connectivity index (χ3n) is 2.85. The molecule has 1 aliphatic rings. The summed E-state index contributed by atoms with van der Waals surface area (Å²) in [5.41, 5.74) is 0.447. The lowest BCUT2D eigenvalue weighted by Crippen LogP contribution is -2.50. The lowest BCUT2D eigenvalue weighted by atomic mass is 10.2. The van der Waals surface area contributed by atoms with Crippen molar-refractivity contribution in [3.05, 3.63) is 36.9 Å². The molecule has 1 unspecified atom stereocenters. The number of ether oxygens (including phenoxy) is 1. The van der Waals surface area contributed by atoms with Crippen molar-refractivity contribution in [2.45, 2.75) is 6.10 Å². The molecule has 1 N–H and O–H groups in total. The van der Waals surface area contributed by atoms with Crippen LogP contribution < -0.4 is 14.4 Å². The Labute approximate surface area is 118 Å². The van der Waals surface area contributed by atoms with Gasteiger partial charge < -0.3 is 10.1 Å². The quantitative estimate of drug-likeness (QED) is 0.822. The van der Waals surface area contributed by atoms with E-state index in [9.17, 15) is 13.2 Å². The summed E-state index contributed by atoms with van der Waals surface area (Å²) in [4.78, 5) is 11.9. The van der Waals surface area contributed by atoms with Crippen molar-refractivity contribution >= 4 is 21.6 Å². The molecule has 20 heavy (non-hydrogen) atoms. The molecule has 1 aliphatic heterocycles. The minimum absolute atomic E-state index is 0.0428. The van der Waals surface area contributed by atoms with Gasteiger partial charge in [0.1, 0.15) is 5.75 Å². The molecule has 1 aromatic carbocycles. The van der Waals surface area contributed by atoms with Crippen molar-refractivity contribution in [3.63, 3.8) is 0 Å². The molecule has 0 fully saturated rings. The van der Waals surface area contributed by atoms with Gasteiger partial charge in [0.05, 0.1) is 18.5 Å². The number of fused-ring (bicyclic) bond motifs is 1. The van der Waals surface area contributed by atoms with Crippen LogP contribution in [0.15, 0.2) is 36.9 Å². The van der Waals surface area contributed by atoms with E-state index < -0.39 is 16.1 Å². The summed E-state index contributed by atoms with van der Waals surface area (Å²) in [6.45, 7) is 3.77. The van der Waals surface area contributed by atoms with E-state index in [4.69, 9.17) is 4.74 Å². The van der Waals surface area contributed by atoms with Crippen LogP contribution in [0.5, 0.6) is 5.75 Å². The Morgan fingerprint density at radius 1 is 1.55 bits per heavy atom. The number of carbonyl (C=O) groups excluding carboxylic acids is 1. The third kappa shape index (κ3) is 2.93. The third-order valence-corrected chi connectivity index (χ3v) is 3.99. The van der Waals surface area contributed by atoms with E-state index in [1.54, 1.807) is 30.3 Å². The first-order chi connectivity index (χ1) is 9.43. The molecule has 0 bridgehead atoms. The van der Waals surface area contributed by atoms with Gasteiger partial charge in [-0.15, -0.1) is 6.58 Å². The fraction of sp³-hybridized carbons (Fsp3) is 0.308. The van der Waals surface area contributed by atoms with Crippen LogP contribution in [0.2, 0.25) is 0 Å². The number of para-hydroxylation sites is 2. The van der Waals surface area contributed by atoms with Crippen molar-refractivity contribution in [1.82, 2.24) is 5.32 Å². The number of rotatable bonds is 4. The molecular weight excluding hydrogens is 280 g/mol. The zero-order valence-electron chi connectivity index (χ0n) is 11.1. The van der Waals surface area contributed by atoms with E-state index >= 15 is 0 Å². The highest BCUT2D eigenvalue weighted by Crippen LogP contribution is 2.34. The van der Waals surface area contributed by atoms with Gasteiger partial charge in [0, 0.05) is 6.54 Å². The molecule has 1 aromatic rings.